The van der Waals surface area contributed by atoms with Crippen molar-refractivity contribution in [1.82, 2.24) is 4.57 Å². The second kappa shape index (κ2) is 10.9. The van der Waals surface area contributed by atoms with E-state index in [2.05, 4.69) is 44.4 Å². The smallest absolute Gasteiger partial charge is 0.215 e. The SMILES string of the molecule is Br.COc1ccc(C(C)=NN=c2scc(-c3ccc(OC)cc3)n2-c2ccccc2)cc1. The van der Waals surface area contributed by atoms with Gasteiger partial charge >= 0.3 is 0 Å². The molecule has 0 saturated heterocycles. The first kappa shape index (κ1) is 23.5. The van der Waals surface area contributed by atoms with Gasteiger partial charge in [-0.2, -0.15) is 5.10 Å². The molecule has 32 heavy (non-hydrogen) atoms. The highest BCUT2D eigenvalue weighted by atomic mass is 79.9. The number of para-hydroxylation sites is 1. The standard InChI is InChI=1S/C25H23N3O2S.BrH/c1-18(19-9-13-22(29-2)14-10-19)26-27-25-28(21-7-5-4-6-8-21)24(17-31-25)20-11-15-23(30-3)16-12-20;/h4-17H,1-3H3;1H. The summed E-state index contributed by atoms with van der Waals surface area (Å²) in [5.74, 6) is 1.65. The van der Waals surface area contributed by atoms with Crippen LogP contribution in [0, 0.1) is 0 Å². The van der Waals surface area contributed by atoms with Crippen molar-refractivity contribution in [2.45, 2.75) is 6.92 Å². The Morgan fingerprint density at radius 3 is 2.00 bits per heavy atom. The van der Waals surface area contributed by atoms with E-state index in [4.69, 9.17) is 9.47 Å². The van der Waals surface area contributed by atoms with Gasteiger partial charge in [-0.1, -0.05) is 18.2 Å². The number of hydrogen-bond acceptors (Lipinski definition) is 5. The van der Waals surface area contributed by atoms with E-state index in [0.29, 0.717) is 0 Å². The van der Waals surface area contributed by atoms with E-state index in [0.717, 1.165) is 44.5 Å². The molecule has 0 bridgehead atoms. The van der Waals surface area contributed by atoms with Crippen LogP contribution in [0.15, 0.2) is 94.4 Å². The molecule has 0 radical (unpaired) electrons. The lowest BCUT2D eigenvalue weighted by atomic mass is 10.1. The first-order chi connectivity index (χ1) is 15.2. The molecule has 0 aliphatic rings. The predicted molar refractivity (Wildman–Crippen MR) is 137 cm³/mol. The predicted octanol–water partition coefficient (Wildman–Crippen LogP) is 6.13. The number of halogens is 1. The molecule has 0 N–H and O–H groups in total. The number of hydrogen-bond donors (Lipinski definition) is 0. The second-order valence-electron chi connectivity index (χ2n) is 6.82. The molecule has 0 aliphatic carbocycles. The van der Waals surface area contributed by atoms with Crippen molar-refractivity contribution in [2.24, 2.45) is 10.2 Å². The maximum atomic E-state index is 5.30. The Hall–Kier alpha value is -3.16. The van der Waals surface area contributed by atoms with Gasteiger partial charge in [0.25, 0.3) is 0 Å². The maximum Gasteiger partial charge on any atom is 0.215 e. The summed E-state index contributed by atoms with van der Waals surface area (Å²) in [5.41, 5.74) is 5.00. The minimum absolute atomic E-state index is 0. The van der Waals surface area contributed by atoms with Gasteiger partial charge in [-0.05, 0) is 78.7 Å². The highest BCUT2D eigenvalue weighted by Gasteiger charge is 2.10. The van der Waals surface area contributed by atoms with Gasteiger partial charge in [0.1, 0.15) is 11.5 Å². The van der Waals surface area contributed by atoms with Crippen LogP contribution in [0.4, 0.5) is 0 Å². The van der Waals surface area contributed by atoms with Crippen LogP contribution in [-0.2, 0) is 0 Å². The molecule has 0 amide bonds. The Bertz CT molecular complexity index is 1250. The van der Waals surface area contributed by atoms with Crippen LogP contribution in [0.3, 0.4) is 0 Å². The summed E-state index contributed by atoms with van der Waals surface area (Å²) in [4.78, 5) is 0.796. The summed E-state index contributed by atoms with van der Waals surface area (Å²) in [7, 11) is 3.33. The van der Waals surface area contributed by atoms with E-state index in [9.17, 15) is 0 Å². The van der Waals surface area contributed by atoms with Gasteiger partial charge in [-0.15, -0.1) is 33.4 Å². The molecule has 164 valence electrons. The molecule has 0 aliphatic heterocycles. The Balaban J connectivity index is 0.00000289. The van der Waals surface area contributed by atoms with Gasteiger partial charge < -0.3 is 9.47 Å². The Morgan fingerprint density at radius 1 is 0.812 bits per heavy atom. The van der Waals surface area contributed by atoms with Crippen molar-refractivity contribution in [1.29, 1.82) is 0 Å². The Labute approximate surface area is 202 Å². The van der Waals surface area contributed by atoms with Crippen LogP contribution in [0.1, 0.15) is 12.5 Å². The zero-order valence-corrected chi connectivity index (χ0v) is 20.6. The zero-order valence-electron chi connectivity index (χ0n) is 18.1. The average Bonchev–Trinajstić information content (AvgIpc) is 3.27. The molecule has 0 spiro atoms. The number of benzene rings is 3. The third-order valence-corrected chi connectivity index (χ3v) is 5.72. The lowest BCUT2D eigenvalue weighted by Crippen LogP contribution is -2.13. The van der Waals surface area contributed by atoms with E-state index in [1.54, 1.807) is 25.6 Å². The average molecular weight is 510 g/mol. The Kier molecular flexibility index (Phi) is 8.03. The number of nitrogens with zero attached hydrogens (tertiary/aromatic N) is 3. The zero-order chi connectivity index (χ0) is 21.6. The highest BCUT2D eigenvalue weighted by molar-refractivity contribution is 8.93. The van der Waals surface area contributed by atoms with Crippen molar-refractivity contribution in [3.63, 3.8) is 0 Å². The van der Waals surface area contributed by atoms with Crippen LogP contribution in [-0.4, -0.2) is 24.5 Å². The van der Waals surface area contributed by atoms with Gasteiger partial charge in [-0.3, -0.25) is 4.57 Å². The third-order valence-electron chi connectivity index (χ3n) is 4.90. The normalized spacial score (nSPS) is 11.7. The van der Waals surface area contributed by atoms with Crippen LogP contribution < -0.4 is 14.3 Å². The van der Waals surface area contributed by atoms with E-state index < -0.39 is 0 Å². The van der Waals surface area contributed by atoms with Crippen LogP contribution >= 0.6 is 28.3 Å². The minimum Gasteiger partial charge on any atom is -0.497 e. The first-order valence-electron chi connectivity index (χ1n) is 9.82. The molecule has 1 aromatic heterocycles. The summed E-state index contributed by atoms with van der Waals surface area (Å²) in [6.07, 6.45) is 0. The quantitative estimate of drug-likeness (QED) is 0.232. The van der Waals surface area contributed by atoms with E-state index in [-0.39, 0.29) is 17.0 Å². The second-order valence-corrected chi connectivity index (χ2v) is 7.65. The molecule has 0 atom stereocenters. The monoisotopic (exact) mass is 509 g/mol. The van der Waals surface area contributed by atoms with Crippen molar-refractivity contribution in [3.8, 4) is 28.4 Å². The van der Waals surface area contributed by atoms with Crippen molar-refractivity contribution in [3.05, 3.63) is 94.6 Å². The topological polar surface area (TPSA) is 48.1 Å². The molecule has 1 heterocycles. The Morgan fingerprint density at radius 2 is 1.41 bits per heavy atom. The molecule has 4 rings (SSSR count). The van der Waals surface area contributed by atoms with Crippen LogP contribution in [0.5, 0.6) is 11.5 Å². The number of rotatable bonds is 6. The molecule has 4 aromatic rings. The van der Waals surface area contributed by atoms with Gasteiger partial charge in [0.05, 0.1) is 25.6 Å². The molecule has 7 heteroatoms. The largest absolute Gasteiger partial charge is 0.497 e. The van der Waals surface area contributed by atoms with Crippen molar-refractivity contribution < 1.29 is 9.47 Å². The minimum atomic E-state index is 0. The summed E-state index contributed by atoms with van der Waals surface area (Å²) >= 11 is 1.56. The van der Waals surface area contributed by atoms with Gasteiger partial charge in [0, 0.05) is 11.1 Å². The molecular weight excluding hydrogens is 486 g/mol. The number of methoxy groups -OCH3 is 2. The van der Waals surface area contributed by atoms with Crippen molar-refractivity contribution in [2.75, 3.05) is 14.2 Å². The maximum absolute atomic E-state index is 5.30. The summed E-state index contributed by atoms with van der Waals surface area (Å²) in [6, 6.07) is 26.0. The number of aromatic nitrogens is 1. The van der Waals surface area contributed by atoms with E-state index >= 15 is 0 Å². The molecular formula is C25H24BrN3O2S. The number of ether oxygens (including phenoxy) is 2. The first-order valence-corrected chi connectivity index (χ1v) is 10.7. The molecule has 5 nitrogen and oxygen atoms in total. The lowest BCUT2D eigenvalue weighted by molar-refractivity contribution is 0.414. The summed E-state index contributed by atoms with van der Waals surface area (Å²) in [5, 5.41) is 11.2. The fourth-order valence-corrected chi connectivity index (χ4v) is 4.03. The van der Waals surface area contributed by atoms with Gasteiger partial charge in [0.2, 0.25) is 4.80 Å². The van der Waals surface area contributed by atoms with Crippen LogP contribution in [0.25, 0.3) is 16.9 Å². The van der Waals surface area contributed by atoms with Gasteiger partial charge in [-0.25, -0.2) is 0 Å². The molecule has 0 fully saturated rings. The molecule has 3 aromatic carbocycles. The fourth-order valence-electron chi connectivity index (χ4n) is 3.18. The summed E-state index contributed by atoms with van der Waals surface area (Å²) in [6.45, 7) is 1.95. The van der Waals surface area contributed by atoms with E-state index in [1.807, 2.05) is 61.5 Å². The third kappa shape index (κ3) is 5.18. The lowest BCUT2D eigenvalue weighted by Gasteiger charge is -2.09. The number of thiazole rings is 1. The highest BCUT2D eigenvalue weighted by Crippen LogP contribution is 2.25. The van der Waals surface area contributed by atoms with Gasteiger partial charge in [0.15, 0.2) is 0 Å². The fraction of sp³-hybridized carbons (Fsp3) is 0.120. The summed E-state index contributed by atoms with van der Waals surface area (Å²) < 4.78 is 12.7. The van der Waals surface area contributed by atoms with Crippen molar-refractivity contribution >= 4 is 34.0 Å². The molecule has 0 unspecified atom stereocenters. The van der Waals surface area contributed by atoms with E-state index in [1.165, 1.54) is 0 Å². The van der Waals surface area contributed by atoms with Crippen LogP contribution in [0.2, 0.25) is 0 Å². The molecule has 0 saturated carbocycles.